The lowest BCUT2D eigenvalue weighted by atomic mass is 10.1. The molecule has 0 aliphatic carbocycles. The van der Waals surface area contributed by atoms with Crippen molar-refractivity contribution in [2.75, 3.05) is 13.7 Å². The Hall–Kier alpha value is -1.42. The summed E-state index contributed by atoms with van der Waals surface area (Å²) in [6.07, 6.45) is -4.86. The number of aryl methyl sites for hydroxylation is 1. The molecular formula is C16H18F3NO3S2. The number of benzene rings is 1. The number of methoxy groups -OCH3 is 1. The van der Waals surface area contributed by atoms with E-state index in [1.54, 1.807) is 0 Å². The molecule has 0 saturated carbocycles. The van der Waals surface area contributed by atoms with Gasteiger partial charge in [0, 0.05) is 23.4 Å². The molecule has 1 unspecified atom stereocenters. The molecule has 0 bridgehead atoms. The van der Waals surface area contributed by atoms with Crippen LogP contribution in [-0.2, 0) is 26.7 Å². The molecule has 1 aromatic heterocycles. The smallest absolute Gasteiger partial charge is 0.375 e. The van der Waals surface area contributed by atoms with Crippen LogP contribution in [0.25, 0.3) is 0 Å². The fraction of sp³-hybridized carbons (Fsp3) is 0.375. The third-order valence-electron chi connectivity index (χ3n) is 3.49. The maximum absolute atomic E-state index is 12.5. The molecule has 0 fully saturated rings. The van der Waals surface area contributed by atoms with E-state index in [0.29, 0.717) is 0 Å². The molecule has 2 aromatic rings. The third kappa shape index (κ3) is 5.81. The van der Waals surface area contributed by atoms with Gasteiger partial charge >= 0.3 is 6.18 Å². The zero-order valence-electron chi connectivity index (χ0n) is 13.6. The molecule has 9 heteroatoms. The topological polar surface area (TPSA) is 55.4 Å². The van der Waals surface area contributed by atoms with Crippen molar-refractivity contribution in [3.05, 3.63) is 57.3 Å². The van der Waals surface area contributed by atoms with Gasteiger partial charge in [0.2, 0.25) is 10.0 Å². The first-order valence-corrected chi connectivity index (χ1v) is 9.80. The van der Waals surface area contributed by atoms with Crippen LogP contribution >= 0.6 is 11.3 Å². The number of nitrogens with one attached hydrogen (secondary N) is 1. The van der Waals surface area contributed by atoms with Gasteiger partial charge in [0.25, 0.3) is 0 Å². The molecule has 0 amide bonds. The van der Waals surface area contributed by atoms with Gasteiger partial charge in [-0.1, -0.05) is 12.1 Å². The Balaban J connectivity index is 1.99. The van der Waals surface area contributed by atoms with Gasteiger partial charge < -0.3 is 4.74 Å². The first kappa shape index (κ1) is 19.9. The second-order valence-electron chi connectivity index (χ2n) is 5.47. The van der Waals surface area contributed by atoms with Gasteiger partial charge in [0.15, 0.2) is 0 Å². The second-order valence-corrected chi connectivity index (χ2v) is 8.60. The van der Waals surface area contributed by atoms with E-state index < -0.39 is 33.6 Å². The van der Waals surface area contributed by atoms with Gasteiger partial charge in [-0.15, -0.1) is 11.3 Å². The summed E-state index contributed by atoms with van der Waals surface area (Å²) in [4.78, 5) is 1.99. The lowest BCUT2D eigenvalue weighted by Crippen LogP contribution is -2.30. The predicted molar refractivity (Wildman–Crippen MR) is 90.9 cm³/mol. The van der Waals surface area contributed by atoms with Crippen LogP contribution in [0.2, 0.25) is 0 Å². The molecule has 0 spiro atoms. The molecule has 0 aliphatic rings. The van der Waals surface area contributed by atoms with Crippen LogP contribution in [-0.4, -0.2) is 22.1 Å². The second kappa shape index (κ2) is 7.86. The molecule has 25 heavy (non-hydrogen) atoms. The molecule has 0 aliphatic heterocycles. The first-order valence-electron chi connectivity index (χ1n) is 7.33. The van der Waals surface area contributed by atoms with Crippen LogP contribution in [0.4, 0.5) is 13.2 Å². The van der Waals surface area contributed by atoms with Gasteiger partial charge in [-0.25, -0.2) is 13.1 Å². The van der Waals surface area contributed by atoms with Gasteiger partial charge in [-0.3, -0.25) is 0 Å². The van der Waals surface area contributed by atoms with Crippen molar-refractivity contribution in [3.8, 4) is 0 Å². The zero-order valence-corrected chi connectivity index (χ0v) is 15.3. The number of sulfonamides is 1. The van der Waals surface area contributed by atoms with E-state index in [1.165, 1.54) is 30.6 Å². The predicted octanol–water partition coefficient (Wildman–Crippen LogP) is 3.88. The molecule has 1 N–H and O–H groups in total. The normalized spacial score (nSPS) is 13.8. The first-order chi connectivity index (χ1) is 11.6. The number of alkyl halides is 3. The minimum absolute atomic E-state index is 0.0550. The van der Waals surface area contributed by atoms with Gasteiger partial charge in [0.1, 0.15) is 6.10 Å². The third-order valence-corrected chi connectivity index (χ3v) is 5.90. The number of ether oxygens (including phenoxy) is 1. The molecule has 1 aromatic carbocycles. The van der Waals surface area contributed by atoms with E-state index in [2.05, 4.69) is 4.72 Å². The van der Waals surface area contributed by atoms with Crippen LogP contribution in [0.5, 0.6) is 0 Å². The Labute approximate surface area is 148 Å². The molecule has 0 saturated heterocycles. The number of halogens is 3. The SMILES string of the molecule is COC(CNS(=O)(=O)Cc1ccc(C(F)(F)F)cc1)c1ccc(C)s1. The maximum Gasteiger partial charge on any atom is 0.416 e. The van der Waals surface area contributed by atoms with Crippen molar-refractivity contribution < 1.29 is 26.3 Å². The van der Waals surface area contributed by atoms with Crippen molar-refractivity contribution in [3.63, 3.8) is 0 Å². The monoisotopic (exact) mass is 393 g/mol. The average molecular weight is 393 g/mol. The Morgan fingerprint density at radius 3 is 2.28 bits per heavy atom. The van der Waals surface area contributed by atoms with Crippen LogP contribution in [0.15, 0.2) is 36.4 Å². The largest absolute Gasteiger partial charge is 0.416 e. The zero-order chi connectivity index (χ0) is 18.7. The fourth-order valence-corrected chi connectivity index (χ4v) is 4.28. The van der Waals surface area contributed by atoms with E-state index >= 15 is 0 Å². The van der Waals surface area contributed by atoms with Crippen LogP contribution < -0.4 is 4.72 Å². The highest BCUT2D eigenvalue weighted by Crippen LogP contribution is 2.29. The highest BCUT2D eigenvalue weighted by Gasteiger charge is 2.30. The molecular weight excluding hydrogens is 375 g/mol. The molecule has 0 radical (unpaired) electrons. The molecule has 2 rings (SSSR count). The summed E-state index contributed by atoms with van der Waals surface area (Å²) in [5.41, 5.74) is -0.532. The van der Waals surface area contributed by atoms with Crippen molar-refractivity contribution >= 4 is 21.4 Å². The highest BCUT2D eigenvalue weighted by molar-refractivity contribution is 7.88. The number of hydrogen-bond acceptors (Lipinski definition) is 4. The summed E-state index contributed by atoms with van der Waals surface area (Å²) in [6.45, 7) is 2.00. The Kier molecular flexibility index (Phi) is 6.26. The lowest BCUT2D eigenvalue weighted by Gasteiger charge is -2.15. The number of rotatable bonds is 7. The number of thiophene rings is 1. The van der Waals surface area contributed by atoms with Gasteiger partial charge in [0.05, 0.1) is 11.3 Å². The molecule has 138 valence electrons. The summed E-state index contributed by atoms with van der Waals surface area (Å²) >= 11 is 1.51. The van der Waals surface area contributed by atoms with Gasteiger partial charge in [-0.2, -0.15) is 13.2 Å². The van der Waals surface area contributed by atoms with E-state index in [9.17, 15) is 21.6 Å². The van der Waals surface area contributed by atoms with Crippen molar-refractivity contribution in [2.24, 2.45) is 0 Å². The Morgan fingerprint density at radius 1 is 1.16 bits per heavy atom. The van der Waals surface area contributed by atoms with E-state index in [-0.39, 0.29) is 12.1 Å². The minimum Gasteiger partial charge on any atom is -0.375 e. The standard InChI is InChI=1S/C16H18F3NO3S2/c1-11-3-8-15(24-11)14(23-2)9-20-25(21,22)10-12-4-6-13(7-5-12)16(17,18)19/h3-8,14,20H,9-10H2,1-2H3. The van der Waals surface area contributed by atoms with Crippen molar-refractivity contribution in [2.45, 2.75) is 25.0 Å². The summed E-state index contributed by atoms with van der Waals surface area (Å²) in [7, 11) is -2.21. The van der Waals surface area contributed by atoms with Crippen LogP contribution in [0.1, 0.15) is 27.0 Å². The molecule has 1 atom stereocenters. The fourth-order valence-electron chi connectivity index (χ4n) is 2.19. The summed E-state index contributed by atoms with van der Waals surface area (Å²) in [6, 6.07) is 7.87. The van der Waals surface area contributed by atoms with E-state index in [4.69, 9.17) is 4.74 Å². The lowest BCUT2D eigenvalue weighted by molar-refractivity contribution is -0.137. The summed E-state index contributed by atoms with van der Waals surface area (Å²) in [5.74, 6) is -0.398. The van der Waals surface area contributed by atoms with Crippen LogP contribution in [0.3, 0.4) is 0 Å². The maximum atomic E-state index is 12.5. The number of hydrogen-bond donors (Lipinski definition) is 1. The summed E-state index contributed by atoms with van der Waals surface area (Å²) in [5, 5.41) is 0. The molecule has 1 heterocycles. The van der Waals surface area contributed by atoms with E-state index in [1.807, 2.05) is 19.1 Å². The quantitative estimate of drug-likeness (QED) is 0.777. The average Bonchev–Trinajstić information content (AvgIpc) is 2.93. The summed E-state index contributed by atoms with van der Waals surface area (Å²) < 4.78 is 69.6. The highest BCUT2D eigenvalue weighted by atomic mass is 32.2. The van der Waals surface area contributed by atoms with Crippen molar-refractivity contribution in [1.29, 1.82) is 0 Å². The van der Waals surface area contributed by atoms with Crippen molar-refractivity contribution in [1.82, 2.24) is 4.72 Å². The Bertz CT molecular complexity index is 799. The van der Waals surface area contributed by atoms with Crippen LogP contribution in [0, 0.1) is 6.92 Å². The molecule has 4 nitrogen and oxygen atoms in total. The van der Waals surface area contributed by atoms with Gasteiger partial charge in [-0.05, 0) is 36.8 Å². The van der Waals surface area contributed by atoms with E-state index in [0.717, 1.165) is 21.9 Å². The minimum atomic E-state index is -4.44. The Morgan fingerprint density at radius 2 is 1.80 bits per heavy atom.